The van der Waals surface area contributed by atoms with Gasteiger partial charge in [0.15, 0.2) is 0 Å². The fourth-order valence-corrected chi connectivity index (χ4v) is 0.927. The minimum Gasteiger partial charge on any atom is -0.369 e. The predicted octanol–water partition coefficient (Wildman–Crippen LogP) is 1.45. The van der Waals surface area contributed by atoms with Gasteiger partial charge in [-0.1, -0.05) is 30.3 Å². The van der Waals surface area contributed by atoms with Crippen molar-refractivity contribution in [3.63, 3.8) is 0 Å². The van der Waals surface area contributed by atoms with Gasteiger partial charge in [0.25, 0.3) is 0 Å². The maximum absolute atomic E-state index is 11.2. The Morgan fingerprint density at radius 3 is 2.50 bits per heavy atom. The van der Waals surface area contributed by atoms with E-state index in [2.05, 4.69) is 0 Å². The molecule has 1 aromatic carbocycles. The summed E-state index contributed by atoms with van der Waals surface area (Å²) in [5.41, 5.74) is 4.60. The van der Waals surface area contributed by atoms with Gasteiger partial charge >= 0.3 is 0 Å². The normalized spacial score (nSPS) is 17.8. The molecule has 1 atom stereocenters. The van der Waals surface area contributed by atoms with Crippen LogP contribution in [0, 0.1) is 0 Å². The van der Waals surface area contributed by atoms with Gasteiger partial charge in [-0.25, -0.2) is 0 Å². The van der Waals surface area contributed by atoms with E-state index in [0.29, 0.717) is 5.56 Å². The Morgan fingerprint density at radius 2 is 2.08 bits per heavy atom. The highest BCUT2D eigenvalue weighted by molar-refractivity contribution is 5.85. The molecule has 12 heavy (non-hydrogen) atoms. The molecule has 0 aromatic heterocycles. The third kappa shape index (κ3) is 1.47. The van der Waals surface area contributed by atoms with Gasteiger partial charge in [-0.3, -0.25) is 4.79 Å². The average Bonchev–Trinajstić information content (AvgIpc) is 2.17. The van der Waals surface area contributed by atoms with E-state index >= 15 is 0 Å². The summed E-state index contributed by atoms with van der Waals surface area (Å²) in [4.78, 5) is 11.2. The summed E-state index contributed by atoms with van der Waals surface area (Å²) in [5, 5.41) is 0. The monoisotopic (exact) mass is 165 g/mol. The standard InChI is InChI=1S/C10H13NO/c1-10(2,9(11)12)8-6-4-3-5-7-8/h3-7H,1-2H3,(H2,11,12)/i1D2. The van der Waals surface area contributed by atoms with Crippen LogP contribution in [0.5, 0.6) is 0 Å². The van der Waals surface area contributed by atoms with Crippen LogP contribution in [-0.4, -0.2) is 5.91 Å². The van der Waals surface area contributed by atoms with Crippen LogP contribution in [0.15, 0.2) is 30.3 Å². The first kappa shape index (κ1) is 6.23. The summed E-state index contributed by atoms with van der Waals surface area (Å²) >= 11 is 0. The molecule has 0 radical (unpaired) electrons. The van der Waals surface area contributed by atoms with Crippen LogP contribution in [0.1, 0.15) is 22.1 Å². The number of amides is 1. The minimum absolute atomic E-state index is 0.613. The number of hydrogen-bond acceptors (Lipinski definition) is 1. The number of nitrogens with two attached hydrogens (primary N) is 1. The van der Waals surface area contributed by atoms with Crippen molar-refractivity contribution in [1.82, 2.24) is 0 Å². The highest BCUT2D eigenvalue weighted by Crippen LogP contribution is 2.21. The number of carbonyl (C=O) groups is 1. The van der Waals surface area contributed by atoms with E-state index in [1.807, 2.05) is 6.07 Å². The summed E-state index contributed by atoms with van der Waals surface area (Å²) in [6, 6.07) is 8.76. The molecule has 0 heterocycles. The SMILES string of the molecule is [2H]C([2H])C(C)(C(N)=O)c1ccccc1. The van der Waals surface area contributed by atoms with Gasteiger partial charge in [0.2, 0.25) is 5.91 Å². The second-order valence-corrected chi connectivity index (χ2v) is 2.93. The second-order valence-electron chi connectivity index (χ2n) is 2.93. The van der Waals surface area contributed by atoms with Gasteiger partial charge in [-0.2, -0.15) is 0 Å². The highest BCUT2D eigenvalue weighted by atomic mass is 16.1. The van der Waals surface area contributed by atoms with Gasteiger partial charge in [0, 0.05) is 2.74 Å². The van der Waals surface area contributed by atoms with Gasteiger partial charge in [-0.15, -0.1) is 0 Å². The lowest BCUT2D eigenvalue weighted by molar-refractivity contribution is -0.122. The van der Waals surface area contributed by atoms with E-state index in [1.165, 1.54) is 6.92 Å². The second kappa shape index (κ2) is 2.97. The lowest BCUT2D eigenvalue weighted by atomic mass is 9.84. The zero-order valence-corrected chi connectivity index (χ0v) is 6.95. The van der Waals surface area contributed by atoms with Crippen LogP contribution in [0.3, 0.4) is 0 Å². The number of hydrogen-bond donors (Lipinski definition) is 1. The molecule has 0 aliphatic heterocycles. The maximum Gasteiger partial charge on any atom is 0.227 e. The van der Waals surface area contributed by atoms with Crippen LogP contribution in [0.25, 0.3) is 0 Å². The lowest BCUT2D eigenvalue weighted by Gasteiger charge is -2.20. The molecular weight excluding hydrogens is 150 g/mol. The molecule has 2 nitrogen and oxygen atoms in total. The summed E-state index contributed by atoms with van der Waals surface area (Å²) in [7, 11) is 0. The first-order valence-corrected chi connectivity index (χ1v) is 3.69. The Labute approximate surface area is 75.2 Å². The van der Waals surface area contributed by atoms with Gasteiger partial charge < -0.3 is 5.73 Å². The smallest absolute Gasteiger partial charge is 0.227 e. The molecular formula is C10H13NO. The minimum atomic E-state index is -1.30. The zero-order chi connectivity index (χ0) is 10.8. The number of carbonyl (C=O) groups excluding carboxylic acids is 1. The molecule has 2 N–H and O–H groups in total. The van der Waals surface area contributed by atoms with Crippen molar-refractivity contribution in [2.45, 2.75) is 19.2 Å². The molecule has 1 aromatic rings. The Morgan fingerprint density at radius 1 is 1.50 bits per heavy atom. The highest BCUT2D eigenvalue weighted by Gasteiger charge is 2.26. The van der Waals surface area contributed by atoms with E-state index in [-0.39, 0.29) is 0 Å². The average molecular weight is 165 g/mol. The Bertz CT molecular complexity index is 326. The predicted molar refractivity (Wildman–Crippen MR) is 48.7 cm³/mol. The van der Waals surface area contributed by atoms with Crippen LogP contribution in [0.2, 0.25) is 0 Å². The molecule has 0 fully saturated rings. The molecule has 64 valence electrons. The summed E-state index contributed by atoms with van der Waals surface area (Å²) in [6.07, 6.45) is 0. The van der Waals surface area contributed by atoms with Crippen molar-refractivity contribution in [1.29, 1.82) is 0 Å². The maximum atomic E-state index is 11.2. The van der Waals surface area contributed by atoms with Gasteiger partial charge in [-0.05, 0) is 19.4 Å². The van der Waals surface area contributed by atoms with Crippen molar-refractivity contribution < 1.29 is 7.54 Å². The molecule has 0 aliphatic carbocycles. The summed E-state index contributed by atoms with van der Waals surface area (Å²) < 4.78 is 14.7. The van der Waals surface area contributed by atoms with Gasteiger partial charge in [0.05, 0.1) is 5.41 Å². The topological polar surface area (TPSA) is 43.1 Å². The van der Waals surface area contributed by atoms with Crippen molar-refractivity contribution in [3.05, 3.63) is 35.9 Å². The summed E-state index contributed by atoms with van der Waals surface area (Å²) in [6.45, 7) is 0.220. The Kier molecular flexibility index (Phi) is 1.54. The number of rotatable bonds is 2. The van der Waals surface area contributed by atoms with E-state index in [1.54, 1.807) is 24.3 Å². The molecule has 0 saturated carbocycles. The van der Waals surface area contributed by atoms with Crippen molar-refractivity contribution in [3.8, 4) is 0 Å². The first-order chi connectivity index (χ1) is 6.49. The molecule has 0 bridgehead atoms. The molecule has 2 heteroatoms. The Hall–Kier alpha value is -1.31. The molecule has 1 unspecified atom stereocenters. The number of primary amides is 1. The van der Waals surface area contributed by atoms with Crippen molar-refractivity contribution in [2.24, 2.45) is 5.73 Å². The number of benzene rings is 1. The molecule has 1 amide bonds. The van der Waals surface area contributed by atoms with Crippen LogP contribution in [-0.2, 0) is 10.2 Å². The van der Waals surface area contributed by atoms with Crippen molar-refractivity contribution in [2.75, 3.05) is 0 Å². The van der Waals surface area contributed by atoms with Crippen molar-refractivity contribution >= 4 is 5.91 Å². The fraction of sp³-hybridized carbons (Fsp3) is 0.300. The third-order valence-electron chi connectivity index (χ3n) is 1.89. The third-order valence-corrected chi connectivity index (χ3v) is 1.89. The van der Waals surface area contributed by atoms with Crippen LogP contribution < -0.4 is 5.73 Å². The quantitative estimate of drug-likeness (QED) is 0.708. The van der Waals surface area contributed by atoms with E-state index in [4.69, 9.17) is 8.48 Å². The largest absolute Gasteiger partial charge is 0.369 e. The zero-order valence-electron chi connectivity index (χ0n) is 8.95. The molecule has 0 spiro atoms. The lowest BCUT2D eigenvalue weighted by Crippen LogP contribution is -2.35. The summed E-state index contributed by atoms with van der Waals surface area (Å²) in [5.74, 6) is -0.640. The van der Waals surface area contributed by atoms with Crippen LogP contribution >= 0.6 is 0 Å². The molecule has 0 saturated heterocycles. The fourth-order valence-electron chi connectivity index (χ4n) is 0.927. The van der Waals surface area contributed by atoms with Crippen LogP contribution in [0.4, 0.5) is 0 Å². The van der Waals surface area contributed by atoms with E-state index in [9.17, 15) is 4.79 Å². The molecule has 0 aliphatic rings. The van der Waals surface area contributed by atoms with E-state index in [0.717, 1.165) is 0 Å². The van der Waals surface area contributed by atoms with E-state index < -0.39 is 18.2 Å². The first-order valence-electron chi connectivity index (χ1n) is 4.85. The molecule has 1 rings (SSSR count). The Balaban J connectivity index is 3.20. The van der Waals surface area contributed by atoms with Gasteiger partial charge in [0.1, 0.15) is 0 Å².